The Bertz CT molecular complexity index is 3520. The summed E-state index contributed by atoms with van der Waals surface area (Å²) in [6, 6.07) is 39.2. The fourth-order valence-corrected chi connectivity index (χ4v) is 11.6. The zero-order valence-corrected chi connectivity index (χ0v) is 36.3. The highest BCUT2D eigenvalue weighted by molar-refractivity contribution is 6.15. The van der Waals surface area contributed by atoms with Crippen molar-refractivity contribution in [3.05, 3.63) is 230 Å². The number of amidine groups is 2. The molecule has 2 aliphatic heterocycles. The van der Waals surface area contributed by atoms with E-state index >= 15 is 0 Å². The van der Waals surface area contributed by atoms with E-state index in [0.29, 0.717) is 11.7 Å². The minimum atomic E-state index is -0.127. The Labute approximate surface area is 378 Å². The molecule has 7 aliphatic rings. The van der Waals surface area contributed by atoms with Crippen molar-refractivity contribution in [1.29, 1.82) is 0 Å². The first-order valence-electron chi connectivity index (χ1n) is 23.3. The van der Waals surface area contributed by atoms with Crippen LogP contribution in [-0.2, 0) is 11.2 Å². The van der Waals surface area contributed by atoms with Crippen LogP contribution in [0.3, 0.4) is 0 Å². The van der Waals surface area contributed by atoms with Crippen LogP contribution in [0.15, 0.2) is 191 Å². The lowest BCUT2D eigenvalue weighted by molar-refractivity contribution is 0.363. The van der Waals surface area contributed by atoms with Gasteiger partial charge in [-0.15, -0.1) is 0 Å². The van der Waals surface area contributed by atoms with E-state index in [4.69, 9.17) is 20.5 Å². The summed E-state index contributed by atoms with van der Waals surface area (Å²) in [6.45, 7) is 2.15. The summed E-state index contributed by atoms with van der Waals surface area (Å²) < 4.78 is 6.59. The molecule has 5 nitrogen and oxygen atoms in total. The van der Waals surface area contributed by atoms with Crippen molar-refractivity contribution in [2.45, 2.75) is 50.6 Å². The van der Waals surface area contributed by atoms with Gasteiger partial charge in [0.2, 0.25) is 0 Å². The minimum Gasteiger partial charge on any atom is -0.462 e. The second-order valence-corrected chi connectivity index (χ2v) is 18.3. The summed E-state index contributed by atoms with van der Waals surface area (Å²) in [7, 11) is 0. The summed E-state index contributed by atoms with van der Waals surface area (Å²) in [5.74, 6) is 3.64. The zero-order valence-electron chi connectivity index (χ0n) is 36.3. The normalized spacial score (nSPS) is 23.0. The molecule has 6 aromatic carbocycles. The number of hydrogen-bond donors (Lipinski definition) is 2. The largest absolute Gasteiger partial charge is 0.462 e. The Balaban J connectivity index is 0.919. The number of hydrogen-bond acceptors (Lipinski definition) is 3. The predicted octanol–water partition coefficient (Wildman–Crippen LogP) is 10.3. The van der Waals surface area contributed by atoms with Gasteiger partial charge in [-0.25, -0.2) is 4.99 Å². The van der Waals surface area contributed by atoms with Crippen LogP contribution >= 0.6 is 0 Å². The molecule has 2 heterocycles. The highest BCUT2D eigenvalue weighted by Crippen LogP contribution is 2.46. The van der Waals surface area contributed by atoms with Crippen LogP contribution in [0.4, 0.5) is 0 Å². The van der Waals surface area contributed by atoms with Gasteiger partial charge in [0.1, 0.15) is 23.4 Å². The number of nitrogens with one attached hydrogen (secondary N) is 1. The Morgan fingerprint density at radius 2 is 1.55 bits per heavy atom. The monoisotopic (exact) mass is 840 g/mol. The van der Waals surface area contributed by atoms with Crippen LogP contribution in [0.2, 0.25) is 0 Å². The molecular weight excluding hydrogens is 793 g/mol. The van der Waals surface area contributed by atoms with Gasteiger partial charge in [0, 0.05) is 51.4 Å². The van der Waals surface area contributed by atoms with E-state index in [-0.39, 0.29) is 29.8 Å². The van der Waals surface area contributed by atoms with Gasteiger partial charge in [0.15, 0.2) is 5.84 Å². The van der Waals surface area contributed by atoms with Gasteiger partial charge < -0.3 is 15.8 Å². The van der Waals surface area contributed by atoms with Crippen LogP contribution in [0, 0.1) is 11.8 Å². The van der Waals surface area contributed by atoms with Crippen molar-refractivity contribution >= 4 is 62.4 Å². The van der Waals surface area contributed by atoms with Crippen molar-refractivity contribution in [3.63, 3.8) is 0 Å². The third kappa shape index (κ3) is 6.05. The molecule has 5 aliphatic carbocycles. The van der Waals surface area contributed by atoms with Gasteiger partial charge in [-0.05, 0) is 98.0 Å². The molecule has 3 N–H and O–H groups in total. The van der Waals surface area contributed by atoms with Crippen molar-refractivity contribution in [3.8, 4) is 0 Å². The van der Waals surface area contributed by atoms with Crippen LogP contribution in [-0.4, -0.2) is 17.7 Å². The highest BCUT2D eigenvalue weighted by Gasteiger charge is 2.39. The highest BCUT2D eigenvalue weighted by atomic mass is 16.5. The molecule has 0 radical (unpaired) electrons. The summed E-state index contributed by atoms with van der Waals surface area (Å²) >= 11 is 0. The Morgan fingerprint density at radius 3 is 2.42 bits per heavy atom. The zero-order chi connectivity index (χ0) is 43.2. The molecule has 13 rings (SSSR count). The second kappa shape index (κ2) is 15.1. The quantitative estimate of drug-likeness (QED) is 0.130. The smallest absolute Gasteiger partial charge is 0.157 e. The average molecular weight is 841 g/mol. The number of nitrogens with two attached hydrogens (primary N) is 1. The molecule has 0 bridgehead atoms. The maximum atomic E-state index is 7.24. The van der Waals surface area contributed by atoms with E-state index in [0.717, 1.165) is 48.3 Å². The van der Waals surface area contributed by atoms with E-state index in [1.165, 1.54) is 81.9 Å². The SMILES string of the molecule is CC(N=C(N=C(N)C1CC=c2ccc3cccc4ccc1c2c43)c1ccc(C2=CC=C(C3=c4ccccc4=C4OC5=C(C=CCC5)C4N3)C3C=CC=CC23)c2c1C=CC2)c1ccccc1. The number of fused-ring (bicyclic) bond motifs is 5. The van der Waals surface area contributed by atoms with Crippen molar-refractivity contribution in [2.24, 2.45) is 27.6 Å². The first-order valence-corrected chi connectivity index (χ1v) is 23.3. The molecule has 5 heteroatoms. The minimum absolute atomic E-state index is 0.0101. The van der Waals surface area contributed by atoms with Crippen LogP contribution in [0.1, 0.15) is 71.5 Å². The van der Waals surface area contributed by atoms with Crippen LogP contribution in [0.25, 0.3) is 50.7 Å². The maximum Gasteiger partial charge on any atom is 0.157 e. The Morgan fingerprint density at radius 1 is 0.769 bits per heavy atom. The lowest BCUT2D eigenvalue weighted by Gasteiger charge is -2.36. The van der Waals surface area contributed by atoms with Crippen LogP contribution < -0.4 is 26.7 Å². The summed E-state index contributed by atoms with van der Waals surface area (Å²) in [4.78, 5) is 10.8. The summed E-state index contributed by atoms with van der Waals surface area (Å²) in [6.07, 6.45) is 29.0. The summed E-state index contributed by atoms with van der Waals surface area (Å²) in [5.41, 5.74) is 19.5. The topological polar surface area (TPSA) is 72.0 Å². The number of allylic oxidation sites excluding steroid dienone is 10. The Hall–Kier alpha value is -7.50. The third-order valence-corrected chi connectivity index (χ3v) is 14.8. The summed E-state index contributed by atoms with van der Waals surface area (Å²) in [5, 5.41) is 12.7. The lowest BCUT2D eigenvalue weighted by atomic mass is 9.71. The number of rotatable bonds is 6. The lowest BCUT2D eigenvalue weighted by Crippen LogP contribution is -2.47. The molecular formula is C60H48N4O. The molecule has 65 heavy (non-hydrogen) atoms. The first-order chi connectivity index (χ1) is 32.1. The molecule has 0 saturated carbocycles. The number of ether oxygens (including phenoxy) is 1. The fraction of sp³-hybridized carbons (Fsp3) is 0.167. The van der Waals surface area contributed by atoms with Gasteiger partial charge >= 0.3 is 0 Å². The third-order valence-electron chi connectivity index (χ3n) is 14.8. The van der Waals surface area contributed by atoms with E-state index in [1.54, 1.807) is 0 Å². The fourth-order valence-electron chi connectivity index (χ4n) is 11.6. The van der Waals surface area contributed by atoms with Crippen LogP contribution in [0.5, 0.6) is 0 Å². The first kappa shape index (κ1) is 38.0. The second-order valence-electron chi connectivity index (χ2n) is 18.3. The molecule has 5 atom stereocenters. The van der Waals surface area contributed by atoms with Crippen molar-refractivity contribution < 1.29 is 4.74 Å². The van der Waals surface area contributed by atoms with E-state index in [1.807, 2.05) is 0 Å². The number of benzene rings is 6. The van der Waals surface area contributed by atoms with E-state index in [2.05, 4.69) is 188 Å². The van der Waals surface area contributed by atoms with Gasteiger partial charge in [-0.2, -0.15) is 0 Å². The number of aliphatic imine (C=N–C) groups is 2. The average Bonchev–Trinajstić information content (AvgIpc) is 4.01. The molecule has 0 fully saturated rings. The van der Waals surface area contributed by atoms with E-state index < -0.39 is 0 Å². The van der Waals surface area contributed by atoms with E-state index in [9.17, 15) is 0 Å². The van der Waals surface area contributed by atoms with Gasteiger partial charge in [-0.3, -0.25) is 4.99 Å². The predicted molar refractivity (Wildman–Crippen MR) is 268 cm³/mol. The van der Waals surface area contributed by atoms with Crippen molar-refractivity contribution in [1.82, 2.24) is 5.32 Å². The van der Waals surface area contributed by atoms with Gasteiger partial charge in [-0.1, -0.05) is 170 Å². The molecule has 5 unspecified atom stereocenters. The Kier molecular flexibility index (Phi) is 8.80. The molecule has 0 saturated heterocycles. The molecule has 314 valence electrons. The molecule has 0 amide bonds. The molecule has 6 aromatic rings. The standard InChI is InChI=1S/C60H48N4O/c1-35(36-13-3-2-4-14-36)62-60(64-59(61)50-30-28-39-26-25-37-15-11-16-38-27-29-46(50)55(39)54(37)38)51-34-32-45(41-22-12-23-43(41)51)44-31-33-48(42-18-6-5-17-40(42)44)56-47-19-7-8-20-49(47)58-57(63-56)52-21-9-10-24-53(52)65-58/h2-9,11-21,23,25-29,31-35,40,42,50,57,63H,10,22,24,30H2,1H3,(H2,61,62,64). The van der Waals surface area contributed by atoms with Gasteiger partial charge in [0.05, 0.1) is 6.04 Å². The maximum absolute atomic E-state index is 7.24. The molecule has 0 aromatic heterocycles. The van der Waals surface area contributed by atoms with Crippen molar-refractivity contribution in [2.75, 3.05) is 0 Å². The van der Waals surface area contributed by atoms with Gasteiger partial charge in [0.25, 0.3) is 0 Å². The number of nitrogens with zero attached hydrogens (tertiary/aromatic N) is 2. The molecule has 0 spiro atoms.